The van der Waals surface area contributed by atoms with Crippen molar-refractivity contribution in [1.29, 1.82) is 0 Å². The zero-order chi connectivity index (χ0) is 8.43. The van der Waals surface area contributed by atoms with Gasteiger partial charge >= 0.3 is 5.97 Å². The number of rotatable bonds is 1. The minimum Gasteiger partial charge on any atom is -0.480 e. The van der Waals surface area contributed by atoms with Crippen LogP contribution in [0.1, 0.15) is 6.92 Å². The van der Waals surface area contributed by atoms with Crippen LogP contribution >= 0.6 is 11.8 Å². The Morgan fingerprint density at radius 1 is 1.82 bits per heavy atom. The molecule has 0 bridgehead atoms. The number of nitrogens with zero attached hydrogens (tertiary/aromatic N) is 1. The van der Waals surface area contributed by atoms with E-state index in [2.05, 4.69) is 5.16 Å². The first kappa shape index (κ1) is 8.39. The van der Waals surface area contributed by atoms with Crippen molar-refractivity contribution in [3.05, 3.63) is 0 Å². The van der Waals surface area contributed by atoms with E-state index in [0.29, 0.717) is 5.71 Å². The maximum absolute atomic E-state index is 10.5. The highest BCUT2D eigenvalue weighted by atomic mass is 32.2. The Bertz CT molecular complexity index is 204. The fraction of sp³-hybridized carbons (Fsp3) is 0.667. The molecule has 11 heavy (non-hydrogen) atoms. The first-order valence-corrected chi connectivity index (χ1v) is 4.28. The monoisotopic (exact) mass is 175 g/mol. The van der Waals surface area contributed by atoms with Crippen LogP contribution in [0, 0.1) is 5.92 Å². The van der Waals surface area contributed by atoms with Crippen LogP contribution in [-0.4, -0.2) is 33.0 Å². The molecule has 0 aliphatic carbocycles. The summed E-state index contributed by atoms with van der Waals surface area (Å²) in [7, 11) is 0. The maximum atomic E-state index is 10.5. The SMILES string of the molecule is CC1CSC(C(=O)O)C1=NO. The van der Waals surface area contributed by atoms with E-state index in [0.717, 1.165) is 5.75 Å². The predicted octanol–water partition coefficient (Wildman–Crippen LogP) is 0.653. The predicted molar refractivity (Wildman–Crippen MR) is 42.3 cm³/mol. The molecule has 1 rings (SSSR count). The van der Waals surface area contributed by atoms with Crippen LogP contribution in [0.4, 0.5) is 0 Å². The molecule has 1 aliphatic heterocycles. The standard InChI is InChI=1S/C6H9NO3S/c1-3-2-11-5(6(8)9)4(3)7-10/h3,5,10H,2H2,1H3,(H,8,9). The molecule has 1 heterocycles. The van der Waals surface area contributed by atoms with Gasteiger partial charge in [0.05, 0.1) is 5.71 Å². The van der Waals surface area contributed by atoms with Gasteiger partial charge in [-0.15, -0.1) is 11.8 Å². The molecule has 0 aromatic rings. The van der Waals surface area contributed by atoms with Crippen LogP contribution in [0.15, 0.2) is 5.16 Å². The Kier molecular flexibility index (Phi) is 2.38. The van der Waals surface area contributed by atoms with Gasteiger partial charge in [0, 0.05) is 11.7 Å². The van der Waals surface area contributed by atoms with Crippen molar-refractivity contribution in [2.75, 3.05) is 5.75 Å². The number of aliphatic carboxylic acids is 1. The summed E-state index contributed by atoms with van der Waals surface area (Å²) in [6.07, 6.45) is 0. The van der Waals surface area contributed by atoms with Gasteiger partial charge in [0.15, 0.2) is 0 Å². The molecule has 0 spiro atoms. The molecule has 1 fully saturated rings. The van der Waals surface area contributed by atoms with E-state index in [9.17, 15) is 4.79 Å². The number of carboxylic acids is 1. The molecule has 2 unspecified atom stereocenters. The molecular weight excluding hydrogens is 166 g/mol. The molecule has 0 aromatic heterocycles. The molecule has 1 saturated heterocycles. The summed E-state index contributed by atoms with van der Waals surface area (Å²) >= 11 is 1.30. The minimum absolute atomic E-state index is 0.0751. The van der Waals surface area contributed by atoms with Crippen LogP contribution in [-0.2, 0) is 4.79 Å². The summed E-state index contributed by atoms with van der Waals surface area (Å²) in [4.78, 5) is 10.5. The third kappa shape index (κ3) is 1.48. The fourth-order valence-electron chi connectivity index (χ4n) is 1.02. The smallest absolute Gasteiger partial charge is 0.322 e. The van der Waals surface area contributed by atoms with Gasteiger partial charge in [-0.3, -0.25) is 4.79 Å². The summed E-state index contributed by atoms with van der Waals surface area (Å²) in [5, 5.41) is 19.4. The Hall–Kier alpha value is -0.710. The summed E-state index contributed by atoms with van der Waals surface area (Å²) in [5.41, 5.74) is 0.377. The van der Waals surface area contributed by atoms with Gasteiger partial charge in [-0.25, -0.2) is 0 Å². The van der Waals surface area contributed by atoms with E-state index >= 15 is 0 Å². The van der Waals surface area contributed by atoms with Gasteiger partial charge in [-0.05, 0) is 0 Å². The highest BCUT2D eigenvalue weighted by Gasteiger charge is 2.35. The Morgan fingerprint density at radius 2 is 2.45 bits per heavy atom. The molecule has 0 aromatic carbocycles. The van der Waals surface area contributed by atoms with Crippen molar-refractivity contribution >= 4 is 23.4 Å². The summed E-state index contributed by atoms with van der Waals surface area (Å²) in [5.74, 6) is -0.130. The van der Waals surface area contributed by atoms with Crippen molar-refractivity contribution in [2.45, 2.75) is 12.2 Å². The number of carboxylic acid groups (broad SMARTS) is 1. The summed E-state index contributed by atoms with van der Waals surface area (Å²) in [6, 6.07) is 0. The lowest BCUT2D eigenvalue weighted by molar-refractivity contribution is -0.135. The van der Waals surface area contributed by atoms with Gasteiger partial charge < -0.3 is 10.3 Å². The highest BCUT2D eigenvalue weighted by molar-refractivity contribution is 8.01. The fourth-order valence-corrected chi connectivity index (χ4v) is 2.26. The van der Waals surface area contributed by atoms with Crippen LogP contribution < -0.4 is 0 Å². The Labute approximate surface area is 68.3 Å². The molecule has 4 nitrogen and oxygen atoms in total. The van der Waals surface area contributed by atoms with E-state index in [-0.39, 0.29) is 5.92 Å². The lowest BCUT2D eigenvalue weighted by Crippen LogP contribution is -2.25. The quantitative estimate of drug-likeness (QED) is 0.453. The number of hydrogen-bond acceptors (Lipinski definition) is 4. The molecule has 2 N–H and O–H groups in total. The summed E-state index contributed by atoms with van der Waals surface area (Å²) < 4.78 is 0. The van der Waals surface area contributed by atoms with Gasteiger partial charge in [-0.1, -0.05) is 12.1 Å². The third-order valence-electron chi connectivity index (χ3n) is 1.63. The summed E-state index contributed by atoms with van der Waals surface area (Å²) in [6.45, 7) is 1.85. The zero-order valence-corrected chi connectivity index (χ0v) is 6.84. The lowest BCUT2D eigenvalue weighted by atomic mass is 10.1. The molecule has 1 aliphatic rings. The first-order valence-electron chi connectivity index (χ1n) is 3.23. The molecule has 0 saturated carbocycles. The second-order valence-electron chi connectivity index (χ2n) is 2.48. The molecular formula is C6H9NO3S. The number of hydrogen-bond donors (Lipinski definition) is 2. The second kappa shape index (κ2) is 3.13. The van der Waals surface area contributed by atoms with E-state index in [1.807, 2.05) is 6.92 Å². The van der Waals surface area contributed by atoms with Crippen molar-refractivity contribution in [3.63, 3.8) is 0 Å². The third-order valence-corrected chi connectivity index (χ3v) is 3.10. The largest absolute Gasteiger partial charge is 0.480 e. The van der Waals surface area contributed by atoms with Crippen molar-refractivity contribution in [3.8, 4) is 0 Å². The Morgan fingerprint density at radius 3 is 2.82 bits per heavy atom. The topological polar surface area (TPSA) is 69.9 Å². The van der Waals surface area contributed by atoms with Crippen molar-refractivity contribution in [2.24, 2.45) is 11.1 Å². The lowest BCUT2D eigenvalue weighted by Gasteiger charge is -2.03. The average Bonchev–Trinajstić information content (AvgIpc) is 2.30. The average molecular weight is 175 g/mol. The number of oxime groups is 1. The van der Waals surface area contributed by atoms with E-state index in [1.165, 1.54) is 11.8 Å². The second-order valence-corrected chi connectivity index (χ2v) is 3.62. The van der Waals surface area contributed by atoms with Crippen LogP contribution in [0.25, 0.3) is 0 Å². The van der Waals surface area contributed by atoms with Crippen molar-refractivity contribution in [1.82, 2.24) is 0 Å². The zero-order valence-electron chi connectivity index (χ0n) is 6.02. The number of thioether (sulfide) groups is 1. The van der Waals surface area contributed by atoms with Gasteiger partial charge in [-0.2, -0.15) is 0 Å². The van der Waals surface area contributed by atoms with Crippen LogP contribution in [0.5, 0.6) is 0 Å². The number of carbonyl (C=O) groups is 1. The van der Waals surface area contributed by atoms with Gasteiger partial charge in [0.25, 0.3) is 0 Å². The minimum atomic E-state index is -0.924. The van der Waals surface area contributed by atoms with Gasteiger partial charge in [0.1, 0.15) is 5.25 Å². The molecule has 0 amide bonds. The molecule has 2 atom stereocenters. The van der Waals surface area contributed by atoms with E-state index in [1.54, 1.807) is 0 Å². The molecule has 0 radical (unpaired) electrons. The highest BCUT2D eigenvalue weighted by Crippen LogP contribution is 2.28. The molecule has 62 valence electrons. The van der Waals surface area contributed by atoms with Gasteiger partial charge in [0.2, 0.25) is 0 Å². The first-order chi connectivity index (χ1) is 5.16. The Balaban J connectivity index is 2.78. The van der Waals surface area contributed by atoms with Crippen LogP contribution in [0.2, 0.25) is 0 Å². The van der Waals surface area contributed by atoms with E-state index < -0.39 is 11.2 Å². The molecule has 5 heteroatoms. The van der Waals surface area contributed by atoms with E-state index in [4.69, 9.17) is 10.3 Å². The van der Waals surface area contributed by atoms with Crippen LogP contribution in [0.3, 0.4) is 0 Å². The van der Waals surface area contributed by atoms with Crippen molar-refractivity contribution < 1.29 is 15.1 Å². The normalized spacial score (nSPS) is 34.5. The maximum Gasteiger partial charge on any atom is 0.322 e.